The molecule has 9 heteroatoms. The van der Waals surface area contributed by atoms with E-state index in [-0.39, 0.29) is 11.6 Å². The number of hydrogen-bond donors (Lipinski definition) is 1. The van der Waals surface area contributed by atoms with Gasteiger partial charge in [0, 0.05) is 51.9 Å². The van der Waals surface area contributed by atoms with E-state index in [4.69, 9.17) is 0 Å². The number of thiophene rings is 1. The first-order valence-corrected chi connectivity index (χ1v) is 11.0. The Kier molecular flexibility index (Phi) is 5.38. The summed E-state index contributed by atoms with van der Waals surface area (Å²) < 4.78 is 27.3. The number of carbonyl (C=O) groups excluding carboxylic acids is 1. The van der Waals surface area contributed by atoms with Gasteiger partial charge in [-0.3, -0.25) is 4.90 Å². The van der Waals surface area contributed by atoms with Crippen molar-refractivity contribution >= 4 is 27.4 Å². The molecule has 3 rings (SSSR count). The van der Waals surface area contributed by atoms with E-state index in [0.717, 1.165) is 19.4 Å². The van der Waals surface area contributed by atoms with E-state index in [1.165, 1.54) is 11.3 Å². The van der Waals surface area contributed by atoms with Gasteiger partial charge in [-0.1, -0.05) is 13.0 Å². The van der Waals surface area contributed by atoms with Gasteiger partial charge < -0.3 is 10.2 Å². The molecule has 25 heavy (non-hydrogen) atoms. The van der Waals surface area contributed by atoms with Crippen LogP contribution in [0.1, 0.15) is 19.8 Å². The molecule has 0 aliphatic carbocycles. The Balaban J connectivity index is 1.66. The van der Waals surface area contributed by atoms with Gasteiger partial charge in [0.15, 0.2) is 0 Å². The highest BCUT2D eigenvalue weighted by Gasteiger charge is 2.44. The lowest BCUT2D eigenvalue weighted by atomic mass is 9.92. The van der Waals surface area contributed by atoms with Gasteiger partial charge in [-0.15, -0.1) is 11.3 Å². The zero-order chi connectivity index (χ0) is 18.1. The first-order chi connectivity index (χ1) is 11.9. The zero-order valence-corrected chi connectivity index (χ0v) is 16.4. The third-order valence-corrected chi connectivity index (χ3v) is 8.76. The van der Waals surface area contributed by atoms with Crippen LogP contribution in [0.25, 0.3) is 0 Å². The Labute approximate surface area is 153 Å². The summed E-state index contributed by atoms with van der Waals surface area (Å²) in [5.74, 6) is 0. The van der Waals surface area contributed by atoms with Crippen molar-refractivity contribution in [1.82, 2.24) is 19.4 Å². The van der Waals surface area contributed by atoms with Crippen LogP contribution < -0.4 is 5.32 Å². The molecular weight excluding hydrogens is 360 g/mol. The second-order valence-corrected chi connectivity index (χ2v) is 9.74. The van der Waals surface area contributed by atoms with Gasteiger partial charge in [0.25, 0.3) is 10.0 Å². The predicted molar refractivity (Wildman–Crippen MR) is 98.3 cm³/mol. The maximum absolute atomic E-state index is 12.7. The molecule has 0 spiro atoms. The van der Waals surface area contributed by atoms with Crippen molar-refractivity contribution in [3.63, 3.8) is 0 Å². The smallest absolute Gasteiger partial charge is 0.317 e. The largest absolute Gasteiger partial charge is 0.341 e. The second-order valence-electron chi connectivity index (χ2n) is 6.63. The molecular formula is C16H26N4O3S2. The molecule has 1 N–H and O–H groups in total. The van der Waals surface area contributed by atoms with E-state index >= 15 is 0 Å². The van der Waals surface area contributed by atoms with Gasteiger partial charge in [-0.2, -0.15) is 4.31 Å². The van der Waals surface area contributed by atoms with Crippen molar-refractivity contribution in [2.75, 3.05) is 46.3 Å². The molecule has 0 saturated carbocycles. The van der Waals surface area contributed by atoms with Gasteiger partial charge in [0.2, 0.25) is 0 Å². The minimum Gasteiger partial charge on any atom is -0.341 e. The number of hydrogen-bond acceptors (Lipinski definition) is 5. The molecule has 0 unspecified atom stereocenters. The number of rotatable bonds is 4. The molecule has 1 aromatic heterocycles. The lowest BCUT2D eigenvalue weighted by Gasteiger charge is -2.45. The van der Waals surface area contributed by atoms with Crippen molar-refractivity contribution in [1.29, 1.82) is 0 Å². The predicted octanol–water partition coefficient (Wildman–Crippen LogP) is 1.25. The summed E-state index contributed by atoms with van der Waals surface area (Å²) in [7, 11) is -1.71. The summed E-state index contributed by atoms with van der Waals surface area (Å²) in [5.41, 5.74) is -0.0364. The molecule has 0 radical (unpaired) electrons. The van der Waals surface area contributed by atoms with Crippen LogP contribution in [0.15, 0.2) is 21.7 Å². The molecule has 2 aliphatic heterocycles. The van der Waals surface area contributed by atoms with E-state index in [2.05, 4.69) is 17.1 Å². The Bertz CT molecular complexity index is 699. The van der Waals surface area contributed by atoms with Crippen molar-refractivity contribution in [3.8, 4) is 0 Å². The molecule has 7 nitrogen and oxygen atoms in total. The SMILES string of the molecule is CC[C@@]1(N2CCN(S(=O)(=O)c3cccs3)CC2)CCN(C(=O)NC)C1. The number of nitrogens with one attached hydrogen (secondary N) is 1. The first kappa shape index (κ1) is 18.6. The van der Waals surface area contributed by atoms with E-state index in [1.54, 1.807) is 28.9 Å². The zero-order valence-electron chi connectivity index (χ0n) is 14.8. The van der Waals surface area contributed by atoms with Crippen LogP contribution in [0.4, 0.5) is 4.79 Å². The van der Waals surface area contributed by atoms with Gasteiger partial charge in [-0.25, -0.2) is 13.2 Å². The molecule has 2 saturated heterocycles. The van der Waals surface area contributed by atoms with Gasteiger partial charge in [0.05, 0.1) is 0 Å². The first-order valence-electron chi connectivity index (χ1n) is 8.68. The Morgan fingerprint density at radius 2 is 2.00 bits per heavy atom. The third-order valence-electron chi connectivity index (χ3n) is 5.49. The van der Waals surface area contributed by atoms with Crippen molar-refractivity contribution in [2.24, 2.45) is 0 Å². The summed E-state index contributed by atoms with van der Waals surface area (Å²) in [4.78, 5) is 16.2. The number of likely N-dealkylation sites (tertiary alicyclic amines) is 1. The average Bonchev–Trinajstić information content (AvgIpc) is 3.32. The fourth-order valence-corrected chi connectivity index (χ4v) is 6.47. The monoisotopic (exact) mass is 386 g/mol. The van der Waals surface area contributed by atoms with Crippen LogP contribution in [-0.2, 0) is 10.0 Å². The second kappa shape index (κ2) is 7.22. The molecule has 2 amide bonds. The van der Waals surface area contributed by atoms with Crippen LogP contribution in [0.2, 0.25) is 0 Å². The fraction of sp³-hybridized carbons (Fsp3) is 0.688. The number of nitrogens with zero attached hydrogens (tertiary/aromatic N) is 3. The molecule has 1 aromatic rings. The number of carbonyl (C=O) groups is 1. The van der Waals surface area contributed by atoms with Crippen molar-refractivity contribution in [3.05, 3.63) is 17.5 Å². The summed E-state index contributed by atoms with van der Waals surface area (Å²) >= 11 is 1.27. The minimum absolute atomic E-state index is 0.0331. The molecule has 140 valence electrons. The van der Waals surface area contributed by atoms with Crippen LogP contribution >= 0.6 is 11.3 Å². The Hall–Kier alpha value is -1.16. The Morgan fingerprint density at radius 1 is 1.28 bits per heavy atom. The minimum atomic E-state index is -3.37. The highest BCUT2D eigenvalue weighted by atomic mass is 32.2. The van der Waals surface area contributed by atoms with E-state index in [9.17, 15) is 13.2 Å². The molecule has 2 aliphatic rings. The lowest BCUT2D eigenvalue weighted by Crippen LogP contribution is -2.59. The topological polar surface area (TPSA) is 73.0 Å². The summed E-state index contributed by atoms with van der Waals surface area (Å²) in [6.07, 6.45) is 1.90. The van der Waals surface area contributed by atoms with Crippen LogP contribution in [0.3, 0.4) is 0 Å². The number of piperazine rings is 1. The highest BCUT2D eigenvalue weighted by Crippen LogP contribution is 2.33. The molecule has 2 fully saturated rings. The van der Waals surface area contributed by atoms with Crippen LogP contribution in [0, 0.1) is 0 Å². The number of sulfonamides is 1. The van der Waals surface area contributed by atoms with Gasteiger partial charge >= 0.3 is 6.03 Å². The molecule has 0 bridgehead atoms. The normalized spacial score (nSPS) is 26.1. The molecule has 3 heterocycles. The average molecular weight is 387 g/mol. The fourth-order valence-electron chi connectivity index (χ4n) is 3.90. The lowest BCUT2D eigenvalue weighted by molar-refractivity contribution is 0.0575. The van der Waals surface area contributed by atoms with Crippen molar-refractivity contribution < 1.29 is 13.2 Å². The van der Waals surface area contributed by atoms with Gasteiger partial charge in [0.1, 0.15) is 4.21 Å². The summed E-state index contributed by atoms with van der Waals surface area (Å²) in [6.45, 7) is 6.04. The van der Waals surface area contributed by atoms with Crippen LogP contribution in [-0.4, -0.2) is 80.4 Å². The standard InChI is InChI=1S/C16H26N4O3S2/c1-3-16(6-7-18(13-16)15(21)17-2)19-8-10-20(11-9-19)25(22,23)14-5-4-12-24-14/h4-5,12H,3,6-11,13H2,1-2H3,(H,17,21)/t16-/m1/s1. The Morgan fingerprint density at radius 3 is 2.56 bits per heavy atom. The highest BCUT2D eigenvalue weighted by molar-refractivity contribution is 7.91. The number of urea groups is 1. The summed E-state index contributed by atoms with van der Waals surface area (Å²) in [5, 5.41) is 4.49. The quantitative estimate of drug-likeness (QED) is 0.845. The summed E-state index contributed by atoms with van der Waals surface area (Å²) in [6, 6.07) is 3.40. The van der Waals surface area contributed by atoms with Crippen LogP contribution in [0.5, 0.6) is 0 Å². The van der Waals surface area contributed by atoms with E-state index in [1.807, 2.05) is 4.90 Å². The number of amides is 2. The molecule has 1 atom stereocenters. The maximum atomic E-state index is 12.7. The molecule has 0 aromatic carbocycles. The van der Waals surface area contributed by atoms with Crippen molar-refractivity contribution in [2.45, 2.75) is 29.5 Å². The maximum Gasteiger partial charge on any atom is 0.317 e. The van der Waals surface area contributed by atoms with E-state index < -0.39 is 10.0 Å². The van der Waals surface area contributed by atoms with E-state index in [0.29, 0.717) is 36.9 Å². The van der Waals surface area contributed by atoms with Gasteiger partial charge in [-0.05, 0) is 24.3 Å². The third kappa shape index (κ3) is 3.42.